The predicted molar refractivity (Wildman–Crippen MR) is 163 cm³/mol. The first-order valence-electron chi connectivity index (χ1n) is 13.4. The van der Waals surface area contributed by atoms with Crippen molar-refractivity contribution in [1.29, 1.82) is 0 Å². The molecule has 6 rings (SSSR count). The van der Waals surface area contributed by atoms with Crippen LogP contribution in [0.1, 0.15) is 40.0 Å². The molecule has 12 unspecified atom stereocenters. The number of rotatable bonds is 8. The summed E-state index contributed by atoms with van der Waals surface area (Å²) < 4.78 is 13.1. The minimum atomic E-state index is -0.452. The molecule has 2 aliphatic heterocycles. The summed E-state index contributed by atoms with van der Waals surface area (Å²) in [4.78, 5) is 27.2. The summed E-state index contributed by atoms with van der Waals surface area (Å²) in [6.45, 7) is 9.27. The zero-order valence-electron chi connectivity index (χ0n) is 22.3. The molecule has 4 bridgehead atoms. The Morgan fingerprint density at radius 3 is 1.42 bits per heavy atom. The maximum Gasteiger partial charge on any atom is 0.338 e. The highest BCUT2D eigenvalue weighted by atomic mass is 31.1. The van der Waals surface area contributed by atoms with Crippen LogP contribution >= 0.6 is 34.3 Å². The molecule has 0 radical (unpaired) electrons. The number of fused-ring (bicyclic) bond motifs is 9. The first kappa shape index (κ1) is 27.2. The summed E-state index contributed by atoms with van der Waals surface area (Å²) in [6, 6.07) is 18.5. The monoisotopic (exact) mass is 587 g/mol. The van der Waals surface area contributed by atoms with Crippen LogP contribution in [0.15, 0.2) is 60.7 Å². The minimum absolute atomic E-state index is 0.0872. The summed E-state index contributed by atoms with van der Waals surface area (Å²) in [7, 11) is 2.74. The summed E-state index contributed by atoms with van der Waals surface area (Å²) >= 11 is 0. The lowest BCUT2D eigenvalue weighted by molar-refractivity contribution is -0.0719. The highest BCUT2D eigenvalue weighted by Crippen LogP contribution is 2.82. The average molecular weight is 588 g/mol. The van der Waals surface area contributed by atoms with Crippen LogP contribution in [0.5, 0.6) is 0 Å². The standard InChI is InChI=1S/C29H37NO4P4/c1-35-26-17-27(36-2,21-20(26)28(37-3)15-16-29(21,30-28)38-4)23(34-25(32)19-13-9-6-10-14-19)22(26)33-24(31)18-11-7-5-8-12-18/h5-14,20-23,30,35-38H,15-17H2,1-4H3. The molecule has 9 heteroatoms. The molecular weight excluding hydrogens is 550 g/mol. The van der Waals surface area contributed by atoms with Crippen molar-refractivity contribution in [1.82, 2.24) is 5.32 Å². The van der Waals surface area contributed by atoms with Gasteiger partial charge in [0.15, 0.2) is 0 Å². The molecule has 2 aromatic carbocycles. The highest BCUT2D eigenvalue weighted by Gasteiger charge is 2.85. The Hall–Kier alpha value is -0.940. The van der Waals surface area contributed by atoms with Crippen molar-refractivity contribution in [3.8, 4) is 0 Å². The second-order valence-corrected chi connectivity index (χ2v) is 16.8. The molecule has 2 saturated heterocycles. The SMILES string of the molecule is CPC12CCC(PC)(N1)C1C2C2(PC)CC1(PC)C(OC(=O)c1ccccc1)C2OC(=O)c1ccccc1. The zero-order chi connectivity index (χ0) is 26.8. The van der Waals surface area contributed by atoms with Gasteiger partial charge in [-0.05, 0) is 82.0 Å². The molecular formula is C29H37NO4P4. The van der Waals surface area contributed by atoms with Gasteiger partial charge in [-0.25, -0.2) is 9.59 Å². The largest absolute Gasteiger partial charge is 0.454 e. The van der Waals surface area contributed by atoms with Gasteiger partial charge >= 0.3 is 11.9 Å². The van der Waals surface area contributed by atoms with Crippen LogP contribution in [0, 0.1) is 11.8 Å². The summed E-state index contributed by atoms with van der Waals surface area (Å²) in [6.07, 6.45) is 2.44. The smallest absolute Gasteiger partial charge is 0.338 e. The molecule has 2 heterocycles. The number of esters is 2. The Balaban J connectivity index is 1.48. The molecule has 38 heavy (non-hydrogen) atoms. The van der Waals surface area contributed by atoms with E-state index >= 15 is 0 Å². The van der Waals surface area contributed by atoms with E-state index in [4.69, 9.17) is 9.47 Å². The van der Waals surface area contributed by atoms with Crippen molar-refractivity contribution in [3.05, 3.63) is 71.8 Å². The Morgan fingerprint density at radius 1 is 0.684 bits per heavy atom. The third kappa shape index (κ3) is 3.62. The number of hydrogen-bond donors (Lipinski definition) is 1. The first-order valence-corrected chi connectivity index (χ1v) is 19.4. The summed E-state index contributed by atoms with van der Waals surface area (Å²) in [5.74, 6) is 0.221. The third-order valence-electron chi connectivity index (χ3n) is 10.1. The molecule has 2 aromatic rings. The van der Waals surface area contributed by atoms with Crippen molar-refractivity contribution in [2.75, 3.05) is 26.7 Å². The Morgan fingerprint density at radius 2 is 1.08 bits per heavy atom. The second-order valence-electron chi connectivity index (χ2n) is 11.2. The van der Waals surface area contributed by atoms with E-state index in [2.05, 4.69) is 32.0 Å². The molecule has 2 aliphatic carbocycles. The molecule has 12 atom stereocenters. The molecule has 0 spiro atoms. The van der Waals surface area contributed by atoms with Gasteiger partial charge in [-0.2, -0.15) is 0 Å². The molecule has 0 aromatic heterocycles. The summed E-state index contributed by atoms with van der Waals surface area (Å²) in [5, 5.41) is 4.02. The van der Waals surface area contributed by atoms with Crippen LogP contribution in [-0.2, 0) is 9.47 Å². The molecule has 4 aliphatic rings. The van der Waals surface area contributed by atoms with Crippen molar-refractivity contribution in [3.63, 3.8) is 0 Å². The lowest BCUT2D eigenvalue weighted by Crippen LogP contribution is -2.63. The fraction of sp³-hybridized carbons (Fsp3) is 0.517. The maximum absolute atomic E-state index is 13.6. The normalized spacial score (nSPS) is 41.5. The van der Waals surface area contributed by atoms with Gasteiger partial charge in [0, 0.05) is 20.9 Å². The van der Waals surface area contributed by atoms with E-state index in [9.17, 15) is 9.59 Å². The van der Waals surface area contributed by atoms with Gasteiger partial charge in [0.05, 0.1) is 11.1 Å². The predicted octanol–water partition coefficient (Wildman–Crippen LogP) is 5.59. The van der Waals surface area contributed by atoms with E-state index in [0.717, 1.165) is 23.6 Å². The number of benzene rings is 2. The van der Waals surface area contributed by atoms with Crippen LogP contribution in [0.2, 0.25) is 0 Å². The number of nitrogens with one attached hydrogen (secondary N) is 1. The van der Waals surface area contributed by atoms with E-state index in [1.807, 2.05) is 60.7 Å². The van der Waals surface area contributed by atoms with Crippen LogP contribution in [-0.4, -0.2) is 71.7 Å². The lowest BCUT2D eigenvalue weighted by Gasteiger charge is -2.55. The van der Waals surface area contributed by atoms with Gasteiger partial charge in [-0.3, -0.25) is 5.32 Å². The first-order chi connectivity index (χ1) is 18.4. The lowest BCUT2D eigenvalue weighted by atomic mass is 9.67. The number of carbonyl (C=O) groups excluding carboxylic acids is 2. The highest BCUT2D eigenvalue weighted by molar-refractivity contribution is 7.43. The Bertz CT molecular complexity index is 1140. The zero-order valence-corrected chi connectivity index (χ0v) is 26.3. The van der Waals surface area contributed by atoms with Crippen molar-refractivity contribution in [2.45, 2.75) is 52.3 Å². The van der Waals surface area contributed by atoms with Gasteiger partial charge in [-0.1, -0.05) is 36.4 Å². The molecule has 4 fully saturated rings. The van der Waals surface area contributed by atoms with E-state index in [-0.39, 0.29) is 32.8 Å². The van der Waals surface area contributed by atoms with Crippen molar-refractivity contribution >= 4 is 46.3 Å². The molecule has 202 valence electrons. The number of hydrogen-bond acceptors (Lipinski definition) is 5. The second kappa shape index (κ2) is 9.86. The fourth-order valence-corrected chi connectivity index (χ4v) is 15.4. The van der Waals surface area contributed by atoms with Gasteiger partial charge in [0.1, 0.15) is 12.2 Å². The Kier molecular flexibility index (Phi) is 7.07. The van der Waals surface area contributed by atoms with E-state index in [1.54, 1.807) is 0 Å². The van der Waals surface area contributed by atoms with Crippen LogP contribution in [0.3, 0.4) is 0 Å². The minimum Gasteiger partial charge on any atom is -0.454 e. The van der Waals surface area contributed by atoms with Gasteiger partial charge in [-0.15, -0.1) is 34.3 Å². The van der Waals surface area contributed by atoms with E-state index in [0.29, 0.717) is 40.1 Å². The van der Waals surface area contributed by atoms with Gasteiger partial charge in [0.2, 0.25) is 0 Å². The molecule has 5 nitrogen and oxygen atoms in total. The quantitative estimate of drug-likeness (QED) is 0.323. The molecule has 1 N–H and O–H groups in total. The van der Waals surface area contributed by atoms with Gasteiger partial charge < -0.3 is 9.47 Å². The van der Waals surface area contributed by atoms with Crippen molar-refractivity contribution < 1.29 is 19.1 Å². The third-order valence-corrected chi connectivity index (χ3v) is 16.6. The van der Waals surface area contributed by atoms with E-state index in [1.165, 1.54) is 12.8 Å². The van der Waals surface area contributed by atoms with Crippen LogP contribution < -0.4 is 5.32 Å². The Labute approximate surface area is 232 Å². The summed E-state index contributed by atoms with van der Waals surface area (Å²) in [5.41, 5.74) is 1.10. The number of carbonyl (C=O) groups is 2. The number of ether oxygens (including phenoxy) is 2. The fourth-order valence-electron chi connectivity index (χ4n) is 8.53. The molecule has 2 saturated carbocycles. The maximum atomic E-state index is 13.6. The van der Waals surface area contributed by atoms with E-state index < -0.39 is 12.2 Å². The van der Waals surface area contributed by atoms with Crippen LogP contribution in [0.4, 0.5) is 0 Å². The van der Waals surface area contributed by atoms with Crippen LogP contribution in [0.25, 0.3) is 0 Å². The van der Waals surface area contributed by atoms with Crippen molar-refractivity contribution in [2.24, 2.45) is 11.8 Å². The molecule has 0 amide bonds. The van der Waals surface area contributed by atoms with Gasteiger partial charge in [0.25, 0.3) is 0 Å². The topological polar surface area (TPSA) is 64.6 Å². The average Bonchev–Trinajstić information content (AvgIpc) is 3.68.